The molecule has 6 rings (SSSR count). The maximum absolute atomic E-state index is 15.5. The van der Waals surface area contributed by atoms with Crippen molar-refractivity contribution < 1.29 is 23.2 Å². The number of piperidine rings is 2. The third-order valence-corrected chi connectivity index (χ3v) is 9.47. The zero-order valence-electron chi connectivity index (χ0n) is 22.4. The van der Waals surface area contributed by atoms with Crippen molar-refractivity contribution in [1.29, 1.82) is 0 Å². The summed E-state index contributed by atoms with van der Waals surface area (Å²) in [4.78, 5) is 44.0. The molecule has 0 radical (unpaired) electrons. The molecule has 2 aromatic carbocycles. The van der Waals surface area contributed by atoms with Gasteiger partial charge < -0.3 is 9.80 Å². The molecule has 12 heteroatoms. The highest BCUT2D eigenvalue weighted by Crippen LogP contribution is 2.36. The molecule has 2 atom stereocenters. The van der Waals surface area contributed by atoms with Gasteiger partial charge in [-0.2, -0.15) is 0 Å². The van der Waals surface area contributed by atoms with E-state index in [1.54, 1.807) is 23.1 Å². The fourth-order valence-electron chi connectivity index (χ4n) is 6.58. The lowest BCUT2D eigenvalue weighted by atomic mass is 9.97. The molecule has 0 aliphatic carbocycles. The van der Waals surface area contributed by atoms with Crippen LogP contribution in [0.1, 0.15) is 40.7 Å². The smallest absolute Gasteiger partial charge is 0.275 e. The highest BCUT2D eigenvalue weighted by Gasteiger charge is 2.48. The average molecular weight is 607 g/mol. The highest BCUT2D eigenvalue weighted by atomic mass is 35.5. The van der Waals surface area contributed by atoms with E-state index in [-0.39, 0.29) is 31.3 Å². The first-order valence-corrected chi connectivity index (χ1v) is 14.7. The molecule has 0 bridgehead atoms. The number of rotatable bonds is 5. The van der Waals surface area contributed by atoms with E-state index in [9.17, 15) is 14.4 Å². The van der Waals surface area contributed by atoms with E-state index < -0.39 is 23.9 Å². The van der Waals surface area contributed by atoms with Crippen LogP contribution in [0.15, 0.2) is 36.4 Å². The van der Waals surface area contributed by atoms with Gasteiger partial charge in [0, 0.05) is 57.8 Å². The van der Waals surface area contributed by atoms with Crippen molar-refractivity contribution >= 4 is 46.6 Å². The molecule has 4 heterocycles. The van der Waals surface area contributed by atoms with Crippen LogP contribution in [-0.2, 0) is 22.7 Å². The zero-order valence-corrected chi connectivity index (χ0v) is 23.9. The minimum absolute atomic E-state index is 0.192. The van der Waals surface area contributed by atoms with Crippen LogP contribution in [-0.4, -0.2) is 89.7 Å². The Morgan fingerprint density at radius 3 is 2.49 bits per heavy atom. The number of nitrogens with one attached hydrogen (secondary N) is 1. The van der Waals surface area contributed by atoms with Crippen molar-refractivity contribution in [3.05, 3.63) is 63.1 Å². The van der Waals surface area contributed by atoms with Crippen LogP contribution in [0.2, 0.25) is 10.0 Å². The minimum Gasteiger partial charge on any atom is -0.368 e. The molecule has 218 valence electrons. The van der Waals surface area contributed by atoms with E-state index in [0.717, 1.165) is 16.8 Å². The second-order valence-corrected chi connectivity index (χ2v) is 12.0. The van der Waals surface area contributed by atoms with Gasteiger partial charge in [-0.1, -0.05) is 41.4 Å². The van der Waals surface area contributed by atoms with Crippen LogP contribution in [0.25, 0.3) is 0 Å². The van der Waals surface area contributed by atoms with Crippen molar-refractivity contribution in [2.45, 2.75) is 50.4 Å². The molecular formula is C29H31Cl2F2N5O3. The normalized spacial score (nSPS) is 25.4. The Morgan fingerprint density at radius 2 is 1.76 bits per heavy atom. The van der Waals surface area contributed by atoms with Gasteiger partial charge in [-0.15, -0.1) is 0 Å². The van der Waals surface area contributed by atoms with Crippen LogP contribution in [0.5, 0.6) is 0 Å². The monoisotopic (exact) mass is 605 g/mol. The van der Waals surface area contributed by atoms with Gasteiger partial charge in [-0.25, -0.2) is 8.78 Å². The number of hydrogen-bond acceptors (Lipinski definition) is 6. The van der Waals surface area contributed by atoms with Gasteiger partial charge in [0.25, 0.3) is 11.8 Å². The summed E-state index contributed by atoms with van der Waals surface area (Å²) in [7, 11) is 0. The minimum atomic E-state index is -2.87. The standard InChI is InChI=1S/C29H31Cl2F2N5O3/c30-21-2-1-3-22(26(21)31)36-10-12-37(13-11-36)24-8-9-35(17-29(24,32)33)15-18-4-5-20-19(14-18)16-38(28(20)41)23-6-7-25(39)34-27(23)40/h1-5,14,23-24H,6-13,15-17H2,(H,34,39,40). The zero-order chi connectivity index (χ0) is 28.9. The molecule has 4 aliphatic heterocycles. The second-order valence-electron chi connectivity index (χ2n) is 11.3. The first-order chi connectivity index (χ1) is 19.6. The van der Waals surface area contributed by atoms with Gasteiger partial charge in [-0.3, -0.25) is 29.5 Å². The molecular weight excluding hydrogens is 575 g/mol. The molecule has 3 fully saturated rings. The van der Waals surface area contributed by atoms with E-state index in [4.69, 9.17) is 23.2 Å². The van der Waals surface area contributed by atoms with Crippen molar-refractivity contribution in [2.75, 3.05) is 44.2 Å². The number of likely N-dealkylation sites (tertiary alicyclic amines) is 1. The number of halogens is 4. The number of carbonyl (C=O) groups excluding carboxylic acids is 3. The van der Waals surface area contributed by atoms with Crippen molar-refractivity contribution in [2.24, 2.45) is 0 Å². The van der Waals surface area contributed by atoms with Crippen LogP contribution in [0.3, 0.4) is 0 Å². The largest absolute Gasteiger partial charge is 0.368 e. The molecule has 0 saturated carbocycles. The third kappa shape index (κ3) is 5.55. The first kappa shape index (κ1) is 28.3. The summed E-state index contributed by atoms with van der Waals surface area (Å²) < 4.78 is 31.0. The summed E-state index contributed by atoms with van der Waals surface area (Å²) in [6, 6.07) is 9.36. The number of fused-ring (bicyclic) bond motifs is 1. The van der Waals surface area contributed by atoms with Crippen molar-refractivity contribution in [1.82, 2.24) is 20.0 Å². The first-order valence-electron chi connectivity index (χ1n) is 13.9. The van der Waals surface area contributed by atoms with Gasteiger partial charge >= 0.3 is 0 Å². The maximum Gasteiger partial charge on any atom is 0.275 e. The van der Waals surface area contributed by atoms with Gasteiger partial charge in [0.15, 0.2) is 0 Å². The van der Waals surface area contributed by atoms with Crippen LogP contribution >= 0.6 is 23.2 Å². The molecule has 3 saturated heterocycles. The second kappa shape index (κ2) is 11.1. The Balaban J connectivity index is 1.06. The summed E-state index contributed by atoms with van der Waals surface area (Å²) >= 11 is 12.5. The van der Waals surface area contributed by atoms with E-state index >= 15 is 8.78 Å². The molecule has 0 aromatic heterocycles. The molecule has 8 nitrogen and oxygen atoms in total. The average Bonchev–Trinajstić information content (AvgIpc) is 3.25. The lowest BCUT2D eigenvalue weighted by molar-refractivity contribution is -0.137. The third-order valence-electron chi connectivity index (χ3n) is 8.66. The Hall–Kier alpha value is -2.79. The number of benzene rings is 2. The van der Waals surface area contributed by atoms with Crippen LogP contribution in [0, 0.1) is 0 Å². The Labute approximate surface area is 247 Å². The van der Waals surface area contributed by atoms with E-state index in [2.05, 4.69) is 10.2 Å². The van der Waals surface area contributed by atoms with Gasteiger partial charge in [-0.05, 0) is 42.2 Å². The predicted molar refractivity (Wildman–Crippen MR) is 151 cm³/mol. The van der Waals surface area contributed by atoms with E-state index in [0.29, 0.717) is 67.7 Å². The SMILES string of the molecule is O=C1CCC(N2Cc3cc(CN4CCC(N5CCN(c6cccc(Cl)c6Cl)CC5)C(F)(F)C4)ccc3C2=O)C(=O)N1. The van der Waals surface area contributed by atoms with Crippen LogP contribution in [0.4, 0.5) is 14.5 Å². The lowest BCUT2D eigenvalue weighted by Gasteiger charge is -2.46. The summed E-state index contributed by atoms with van der Waals surface area (Å²) in [5.74, 6) is -3.90. The number of alkyl halides is 2. The number of hydrogen-bond donors (Lipinski definition) is 1. The number of carbonyl (C=O) groups is 3. The van der Waals surface area contributed by atoms with Crippen molar-refractivity contribution in [3.8, 4) is 0 Å². The predicted octanol–water partition coefficient (Wildman–Crippen LogP) is 3.79. The molecule has 4 aliphatic rings. The number of anilines is 1. The lowest BCUT2D eigenvalue weighted by Crippen LogP contribution is -2.61. The summed E-state index contributed by atoms with van der Waals surface area (Å²) in [6.45, 7) is 3.05. The summed E-state index contributed by atoms with van der Waals surface area (Å²) in [5, 5.41) is 3.27. The highest BCUT2D eigenvalue weighted by molar-refractivity contribution is 6.43. The van der Waals surface area contributed by atoms with Gasteiger partial charge in [0.2, 0.25) is 11.8 Å². The van der Waals surface area contributed by atoms with E-state index in [1.165, 1.54) is 4.90 Å². The maximum atomic E-state index is 15.5. The number of piperazine rings is 1. The number of imide groups is 1. The van der Waals surface area contributed by atoms with Crippen LogP contribution < -0.4 is 10.2 Å². The molecule has 2 aromatic rings. The Kier molecular flexibility index (Phi) is 7.69. The Morgan fingerprint density at radius 1 is 0.976 bits per heavy atom. The molecule has 0 spiro atoms. The molecule has 41 heavy (non-hydrogen) atoms. The topological polar surface area (TPSA) is 76.2 Å². The number of amides is 3. The molecule has 3 amide bonds. The summed E-state index contributed by atoms with van der Waals surface area (Å²) in [5.41, 5.74) is 2.97. The quantitative estimate of drug-likeness (QED) is 0.523. The van der Waals surface area contributed by atoms with Gasteiger partial charge in [0.1, 0.15) is 6.04 Å². The van der Waals surface area contributed by atoms with E-state index in [1.807, 2.05) is 23.1 Å². The summed E-state index contributed by atoms with van der Waals surface area (Å²) in [6.07, 6.45) is 0.847. The fourth-order valence-corrected chi connectivity index (χ4v) is 6.99. The van der Waals surface area contributed by atoms with Gasteiger partial charge in [0.05, 0.1) is 28.3 Å². The number of nitrogens with zero attached hydrogens (tertiary/aromatic N) is 4. The molecule has 2 unspecified atom stereocenters. The molecule has 1 N–H and O–H groups in total. The Bertz CT molecular complexity index is 1380. The van der Waals surface area contributed by atoms with Crippen molar-refractivity contribution in [3.63, 3.8) is 0 Å². The fraction of sp³-hybridized carbons (Fsp3) is 0.483.